The van der Waals surface area contributed by atoms with Gasteiger partial charge in [-0.15, -0.1) is 11.8 Å². The summed E-state index contributed by atoms with van der Waals surface area (Å²) in [6.07, 6.45) is 0.865. The summed E-state index contributed by atoms with van der Waals surface area (Å²) >= 11 is 1.77. The first kappa shape index (κ1) is 12.5. The zero-order valence-corrected chi connectivity index (χ0v) is 12.0. The predicted octanol–water partition coefficient (Wildman–Crippen LogP) is 4.32. The van der Waals surface area contributed by atoms with E-state index < -0.39 is 0 Å². The van der Waals surface area contributed by atoms with Gasteiger partial charge in [-0.05, 0) is 23.6 Å². The van der Waals surface area contributed by atoms with Gasteiger partial charge in [-0.25, -0.2) is 0 Å². The number of carbonyl (C=O) groups is 1. The topological polar surface area (TPSA) is 17.1 Å². The van der Waals surface area contributed by atoms with Crippen LogP contribution in [0.15, 0.2) is 47.4 Å². The van der Waals surface area contributed by atoms with Gasteiger partial charge in [-0.3, -0.25) is 4.79 Å². The lowest BCUT2D eigenvalue weighted by Gasteiger charge is -2.21. The molecule has 96 valence electrons. The maximum Gasteiger partial charge on any atom is 0.194 e. The fraction of sp³-hybridized carbons (Fsp3) is 0.235. The van der Waals surface area contributed by atoms with Crippen LogP contribution in [0.5, 0.6) is 0 Å². The van der Waals surface area contributed by atoms with Crippen LogP contribution in [0.2, 0.25) is 0 Å². The molecule has 0 aliphatic heterocycles. The van der Waals surface area contributed by atoms with Crippen molar-refractivity contribution in [2.75, 3.05) is 0 Å². The molecule has 0 amide bonds. The zero-order chi connectivity index (χ0) is 13.4. The van der Waals surface area contributed by atoms with Crippen molar-refractivity contribution in [1.29, 1.82) is 0 Å². The Morgan fingerprint density at radius 2 is 1.74 bits per heavy atom. The van der Waals surface area contributed by atoms with E-state index in [0.29, 0.717) is 5.25 Å². The number of benzene rings is 2. The Kier molecular flexibility index (Phi) is 3.19. The van der Waals surface area contributed by atoms with E-state index in [-0.39, 0.29) is 5.78 Å². The molecule has 0 spiro atoms. The molecule has 0 radical (unpaired) electrons. The van der Waals surface area contributed by atoms with E-state index in [1.54, 1.807) is 11.8 Å². The van der Waals surface area contributed by atoms with Crippen LogP contribution in [0, 0.1) is 0 Å². The van der Waals surface area contributed by atoms with Crippen LogP contribution >= 0.6 is 11.8 Å². The lowest BCUT2D eigenvalue weighted by molar-refractivity contribution is 0.103. The highest BCUT2D eigenvalue weighted by atomic mass is 32.2. The second-order valence-corrected chi connectivity index (χ2v) is 6.74. The second kappa shape index (κ2) is 4.86. The first-order valence-corrected chi connectivity index (χ1v) is 7.46. The Hall–Kier alpha value is -1.54. The molecule has 2 heteroatoms. The minimum Gasteiger partial charge on any atom is -0.289 e. The summed E-state index contributed by atoms with van der Waals surface area (Å²) in [5.74, 6) is 0.181. The van der Waals surface area contributed by atoms with E-state index in [4.69, 9.17) is 0 Å². The van der Waals surface area contributed by atoms with Crippen LogP contribution in [0.4, 0.5) is 0 Å². The van der Waals surface area contributed by atoms with E-state index in [9.17, 15) is 4.79 Å². The Labute approximate surface area is 118 Å². The van der Waals surface area contributed by atoms with Gasteiger partial charge >= 0.3 is 0 Å². The van der Waals surface area contributed by atoms with Gasteiger partial charge in [0.1, 0.15) is 0 Å². The average Bonchev–Trinajstić information content (AvgIpc) is 2.38. The molecular formula is C17H16OS. The van der Waals surface area contributed by atoms with Crippen LogP contribution < -0.4 is 0 Å². The molecule has 0 saturated heterocycles. The van der Waals surface area contributed by atoms with Crippen molar-refractivity contribution < 1.29 is 4.79 Å². The minimum absolute atomic E-state index is 0.181. The number of carbonyl (C=O) groups excluding carboxylic acids is 1. The SMILES string of the molecule is CC(C)Sc1cccc2c1C(=O)c1ccccc1C2. The van der Waals surface area contributed by atoms with Crippen molar-refractivity contribution in [3.8, 4) is 0 Å². The molecule has 0 aromatic heterocycles. The third-order valence-electron chi connectivity index (χ3n) is 3.35. The van der Waals surface area contributed by atoms with Gasteiger partial charge in [0.25, 0.3) is 0 Å². The van der Waals surface area contributed by atoms with Gasteiger partial charge in [-0.1, -0.05) is 50.2 Å². The van der Waals surface area contributed by atoms with Crippen LogP contribution in [0.25, 0.3) is 0 Å². The molecule has 2 aromatic rings. The Morgan fingerprint density at radius 1 is 1.00 bits per heavy atom. The summed E-state index contributed by atoms with van der Waals surface area (Å²) < 4.78 is 0. The first-order valence-electron chi connectivity index (χ1n) is 6.58. The maximum atomic E-state index is 12.7. The minimum atomic E-state index is 0.181. The van der Waals surface area contributed by atoms with Crippen LogP contribution in [-0.2, 0) is 6.42 Å². The van der Waals surface area contributed by atoms with Gasteiger partial charge in [0.15, 0.2) is 5.78 Å². The molecule has 0 atom stereocenters. The maximum absolute atomic E-state index is 12.7. The molecule has 1 aliphatic rings. The smallest absolute Gasteiger partial charge is 0.194 e. The molecule has 2 aromatic carbocycles. The number of rotatable bonds is 2. The summed E-state index contributed by atoms with van der Waals surface area (Å²) in [7, 11) is 0. The molecule has 0 saturated carbocycles. The molecule has 0 heterocycles. The van der Waals surface area contributed by atoms with E-state index in [1.165, 1.54) is 0 Å². The number of hydrogen-bond acceptors (Lipinski definition) is 2. The van der Waals surface area contributed by atoms with Crippen molar-refractivity contribution in [1.82, 2.24) is 0 Å². The van der Waals surface area contributed by atoms with Crippen LogP contribution in [0.1, 0.15) is 40.9 Å². The highest BCUT2D eigenvalue weighted by Crippen LogP contribution is 2.35. The highest BCUT2D eigenvalue weighted by Gasteiger charge is 2.25. The molecule has 1 nitrogen and oxygen atoms in total. The normalized spacial score (nSPS) is 13.3. The molecule has 3 rings (SSSR count). The van der Waals surface area contributed by atoms with Gasteiger partial charge in [0.05, 0.1) is 0 Å². The fourth-order valence-corrected chi connectivity index (χ4v) is 3.58. The van der Waals surface area contributed by atoms with Crippen molar-refractivity contribution in [3.63, 3.8) is 0 Å². The molecular weight excluding hydrogens is 252 g/mol. The van der Waals surface area contributed by atoms with Gasteiger partial charge in [-0.2, -0.15) is 0 Å². The summed E-state index contributed by atoms with van der Waals surface area (Å²) in [6.45, 7) is 4.32. The molecule has 0 fully saturated rings. The van der Waals surface area contributed by atoms with Gasteiger partial charge < -0.3 is 0 Å². The Balaban J connectivity index is 2.13. The largest absolute Gasteiger partial charge is 0.289 e. The summed E-state index contributed by atoms with van der Waals surface area (Å²) in [4.78, 5) is 13.8. The molecule has 19 heavy (non-hydrogen) atoms. The standard InChI is InChI=1S/C17H16OS/c1-11(2)19-15-9-5-7-13-10-12-6-3-4-8-14(12)17(18)16(13)15/h3-9,11H,10H2,1-2H3. The molecule has 0 bridgehead atoms. The lowest BCUT2D eigenvalue weighted by atomic mass is 9.85. The number of thioether (sulfide) groups is 1. The number of hydrogen-bond donors (Lipinski definition) is 0. The van der Waals surface area contributed by atoms with E-state index in [1.807, 2.05) is 18.2 Å². The van der Waals surface area contributed by atoms with E-state index in [2.05, 4.69) is 38.1 Å². The number of fused-ring (bicyclic) bond motifs is 2. The van der Waals surface area contributed by atoms with Gasteiger partial charge in [0.2, 0.25) is 0 Å². The molecule has 1 aliphatic carbocycles. The summed E-state index contributed by atoms with van der Waals surface area (Å²) in [5.41, 5.74) is 4.09. The summed E-state index contributed by atoms with van der Waals surface area (Å²) in [5, 5.41) is 0.483. The first-order chi connectivity index (χ1) is 9.16. The van der Waals surface area contributed by atoms with E-state index in [0.717, 1.165) is 33.6 Å². The predicted molar refractivity (Wildman–Crippen MR) is 80.1 cm³/mol. The molecule has 0 N–H and O–H groups in total. The van der Waals surface area contributed by atoms with Crippen molar-refractivity contribution >= 4 is 17.5 Å². The Morgan fingerprint density at radius 3 is 2.53 bits per heavy atom. The molecule has 0 unspecified atom stereocenters. The van der Waals surface area contributed by atoms with Crippen molar-refractivity contribution in [2.24, 2.45) is 0 Å². The monoisotopic (exact) mass is 268 g/mol. The zero-order valence-electron chi connectivity index (χ0n) is 11.1. The number of ketones is 1. The Bertz CT molecular complexity index is 643. The fourth-order valence-electron chi connectivity index (χ4n) is 2.57. The average molecular weight is 268 g/mol. The summed E-state index contributed by atoms with van der Waals surface area (Å²) in [6, 6.07) is 14.1. The van der Waals surface area contributed by atoms with E-state index >= 15 is 0 Å². The lowest BCUT2D eigenvalue weighted by Crippen LogP contribution is -2.16. The quantitative estimate of drug-likeness (QED) is 0.644. The third-order valence-corrected chi connectivity index (χ3v) is 4.41. The second-order valence-electron chi connectivity index (χ2n) is 5.12. The van der Waals surface area contributed by atoms with Crippen molar-refractivity contribution in [3.05, 3.63) is 64.7 Å². The van der Waals surface area contributed by atoms with Crippen LogP contribution in [-0.4, -0.2) is 11.0 Å². The third kappa shape index (κ3) is 2.21. The van der Waals surface area contributed by atoms with Crippen LogP contribution in [0.3, 0.4) is 0 Å². The van der Waals surface area contributed by atoms with Gasteiger partial charge in [0, 0.05) is 21.3 Å². The van der Waals surface area contributed by atoms with Crippen molar-refractivity contribution in [2.45, 2.75) is 30.4 Å². The highest BCUT2D eigenvalue weighted by molar-refractivity contribution is 8.00.